The maximum atomic E-state index is 9.21. The Morgan fingerprint density at radius 2 is 2.07 bits per heavy atom. The molecule has 0 saturated carbocycles. The lowest BCUT2D eigenvalue weighted by Gasteiger charge is -2.11. The third kappa shape index (κ3) is 1.51. The van der Waals surface area contributed by atoms with Crippen LogP contribution >= 0.6 is 0 Å². The fraction of sp³-hybridized carbons (Fsp3) is 0.364. The fourth-order valence-corrected chi connectivity index (χ4v) is 1.61. The Labute approximate surface area is 83.0 Å². The molecule has 1 aliphatic heterocycles. The lowest BCUT2D eigenvalue weighted by atomic mass is 9.94. The van der Waals surface area contributed by atoms with Crippen LogP contribution < -0.4 is 0 Å². The zero-order valence-corrected chi connectivity index (χ0v) is 8.05. The van der Waals surface area contributed by atoms with Gasteiger partial charge in [0.2, 0.25) is 0 Å². The minimum atomic E-state index is -0.0322. The van der Waals surface area contributed by atoms with Gasteiger partial charge < -0.3 is 9.94 Å². The molecule has 1 heterocycles. The minimum absolute atomic E-state index is 0.00241. The molecule has 0 amide bonds. The summed E-state index contributed by atoms with van der Waals surface area (Å²) in [6.45, 7) is 2.00. The van der Waals surface area contributed by atoms with Gasteiger partial charge in [-0.25, -0.2) is 0 Å². The van der Waals surface area contributed by atoms with E-state index in [0.29, 0.717) is 0 Å². The zero-order chi connectivity index (χ0) is 9.97. The van der Waals surface area contributed by atoms with Crippen LogP contribution in [0.3, 0.4) is 0 Å². The Balaban J connectivity index is 2.28. The van der Waals surface area contributed by atoms with Crippen LogP contribution in [0.4, 0.5) is 0 Å². The van der Waals surface area contributed by atoms with Gasteiger partial charge in [-0.05, 0) is 12.5 Å². The average Bonchev–Trinajstić information content (AvgIpc) is 2.61. The highest BCUT2D eigenvalue weighted by atomic mass is 16.6. The summed E-state index contributed by atoms with van der Waals surface area (Å²) in [7, 11) is 0. The van der Waals surface area contributed by atoms with Crippen LogP contribution in [0, 0.1) is 5.92 Å². The highest BCUT2D eigenvalue weighted by molar-refractivity contribution is 6.03. The molecule has 0 radical (unpaired) electrons. The van der Waals surface area contributed by atoms with Crippen LogP contribution in [0.15, 0.2) is 35.5 Å². The van der Waals surface area contributed by atoms with Gasteiger partial charge in [0, 0.05) is 0 Å². The SMILES string of the molecule is C[C@@H]1ON=C(c2ccccc2)[C@H]1CO. The second kappa shape index (κ2) is 3.80. The van der Waals surface area contributed by atoms with Crippen molar-refractivity contribution in [3.63, 3.8) is 0 Å². The van der Waals surface area contributed by atoms with Crippen LogP contribution in [-0.4, -0.2) is 23.5 Å². The second-order valence-electron chi connectivity index (χ2n) is 3.44. The number of aliphatic hydroxyl groups is 1. The molecule has 0 unspecified atom stereocenters. The van der Waals surface area contributed by atoms with Crippen LogP contribution in [0.2, 0.25) is 0 Å². The van der Waals surface area contributed by atoms with Gasteiger partial charge in [0.15, 0.2) is 0 Å². The maximum absolute atomic E-state index is 9.21. The topological polar surface area (TPSA) is 41.8 Å². The van der Waals surface area contributed by atoms with E-state index in [2.05, 4.69) is 5.16 Å². The monoisotopic (exact) mass is 191 g/mol. The number of rotatable bonds is 2. The molecule has 2 rings (SSSR count). The van der Waals surface area contributed by atoms with E-state index in [-0.39, 0.29) is 18.6 Å². The quantitative estimate of drug-likeness (QED) is 0.768. The number of nitrogens with zero attached hydrogens (tertiary/aromatic N) is 1. The summed E-state index contributed by atoms with van der Waals surface area (Å²) in [5.74, 6) is -0.00241. The van der Waals surface area contributed by atoms with Crippen LogP contribution in [0.5, 0.6) is 0 Å². The van der Waals surface area contributed by atoms with E-state index >= 15 is 0 Å². The van der Waals surface area contributed by atoms with E-state index in [1.165, 1.54) is 0 Å². The van der Waals surface area contributed by atoms with Crippen molar-refractivity contribution in [2.75, 3.05) is 6.61 Å². The van der Waals surface area contributed by atoms with Crippen LogP contribution in [0.25, 0.3) is 0 Å². The Morgan fingerprint density at radius 3 is 2.71 bits per heavy atom. The van der Waals surface area contributed by atoms with Crippen molar-refractivity contribution >= 4 is 5.71 Å². The smallest absolute Gasteiger partial charge is 0.135 e. The summed E-state index contributed by atoms with van der Waals surface area (Å²) < 4.78 is 0. The van der Waals surface area contributed by atoms with Crippen molar-refractivity contribution in [1.29, 1.82) is 0 Å². The van der Waals surface area contributed by atoms with E-state index in [1.54, 1.807) is 0 Å². The van der Waals surface area contributed by atoms with Gasteiger partial charge in [-0.15, -0.1) is 0 Å². The summed E-state index contributed by atoms with van der Waals surface area (Å²) in [5.41, 5.74) is 1.87. The Hall–Kier alpha value is -1.35. The standard InChI is InChI=1S/C11H13NO2/c1-8-10(7-13)11(12-14-8)9-5-3-2-4-6-9/h2-6,8,10,13H,7H2,1H3/t8-,10-/m0/s1. The molecule has 1 aliphatic rings. The van der Waals surface area contributed by atoms with Gasteiger partial charge in [-0.3, -0.25) is 0 Å². The average molecular weight is 191 g/mol. The largest absolute Gasteiger partial charge is 0.396 e. The molecule has 2 atom stereocenters. The molecular weight excluding hydrogens is 178 g/mol. The molecule has 0 aromatic heterocycles. The summed E-state index contributed by atoms with van der Waals surface area (Å²) in [6, 6.07) is 9.81. The first kappa shape index (κ1) is 9.21. The van der Waals surface area contributed by atoms with Crippen molar-refractivity contribution in [3.8, 4) is 0 Å². The van der Waals surface area contributed by atoms with E-state index in [0.717, 1.165) is 11.3 Å². The molecule has 0 fully saturated rings. The van der Waals surface area contributed by atoms with Crippen molar-refractivity contribution in [3.05, 3.63) is 35.9 Å². The van der Waals surface area contributed by atoms with Crippen LogP contribution in [-0.2, 0) is 4.84 Å². The molecule has 0 saturated heterocycles. The van der Waals surface area contributed by atoms with Crippen molar-refractivity contribution < 1.29 is 9.94 Å². The van der Waals surface area contributed by atoms with Gasteiger partial charge in [0.05, 0.1) is 18.2 Å². The predicted molar refractivity (Wildman–Crippen MR) is 54.1 cm³/mol. The molecule has 3 nitrogen and oxygen atoms in total. The molecule has 1 aromatic carbocycles. The molecular formula is C11H13NO2. The lowest BCUT2D eigenvalue weighted by molar-refractivity contribution is 0.0596. The number of oxime groups is 1. The van der Waals surface area contributed by atoms with Crippen molar-refractivity contribution in [2.24, 2.45) is 11.1 Å². The third-order valence-electron chi connectivity index (χ3n) is 2.50. The second-order valence-corrected chi connectivity index (χ2v) is 3.44. The van der Waals surface area contributed by atoms with E-state index < -0.39 is 0 Å². The lowest BCUT2D eigenvalue weighted by Crippen LogP contribution is -2.24. The summed E-state index contributed by atoms with van der Waals surface area (Å²) >= 11 is 0. The first-order chi connectivity index (χ1) is 6.83. The highest BCUT2D eigenvalue weighted by Gasteiger charge is 2.30. The number of hydrogen-bond acceptors (Lipinski definition) is 3. The normalized spacial score (nSPS) is 25.7. The number of hydrogen-bond donors (Lipinski definition) is 1. The summed E-state index contributed by atoms with van der Waals surface area (Å²) in [6.07, 6.45) is -0.0322. The molecule has 0 aliphatic carbocycles. The van der Waals surface area contributed by atoms with Gasteiger partial charge in [-0.1, -0.05) is 35.5 Å². The first-order valence-electron chi connectivity index (χ1n) is 4.73. The Kier molecular flexibility index (Phi) is 2.50. The molecule has 1 N–H and O–H groups in total. The Morgan fingerprint density at radius 1 is 1.36 bits per heavy atom. The van der Waals surface area contributed by atoms with Gasteiger partial charge in [0.25, 0.3) is 0 Å². The summed E-state index contributed by atoms with van der Waals surface area (Å²) in [4.78, 5) is 5.15. The molecule has 14 heavy (non-hydrogen) atoms. The van der Waals surface area contributed by atoms with Crippen LogP contribution in [0.1, 0.15) is 12.5 Å². The van der Waals surface area contributed by atoms with Crippen molar-refractivity contribution in [1.82, 2.24) is 0 Å². The summed E-state index contributed by atoms with van der Waals surface area (Å²) in [5, 5.41) is 13.2. The fourth-order valence-electron chi connectivity index (χ4n) is 1.61. The van der Waals surface area contributed by atoms with E-state index in [1.807, 2.05) is 37.3 Å². The molecule has 74 valence electrons. The van der Waals surface area contributed by atoms with Crippen molar-refractivity contribution in [2.45, 2.75) is 13.0 Å². The molecule has 3 heteroatoms. The maximum Gasteiger partial charge on any atom is 0.135 e. The zero-order valence-electron chi connectivity index (χ0n) is 8.05. The third-order valence-corrected chi connectivity index (χ3v) is 2.50. The number of benzene rings is 1. The predicted octanol–water partition coefficient (Wildman–Crippen LogP) is 1.42. The number of aliphatic hydroxyl groups excluding tert-OH is 1. The molecule has 0 bridgehead atoms. The highest BCUT2D eigenvalue weighted by Crippen LogP contribution is 2.22. The molecule has 0 spiro atoms. The minimum Gasteiger partial charge on any atom is -0.396 e. The molecule has 1 aromatic rings. The first-order valence-corrected chi connectivity index (χ1v) is 4.73. The van der Waals surface area contributed by atoms with E-state index in [4.69, 9.17) is 4.84 Å². The van der Waals surface area contributed by atoms with Gasteiger partial charge in [0.1, 0.15) is 6.10 Å². The van der Waals surface area contributed by atoms with E-state index in [9.17, 15) is 5.11 Å². The van der Waals surface area contributed by atoms with Gasteiger partial charge >= 0.3 is 0 Å². The van der Waals surface area contributed by atoms with Gasteiger partial charge in [-0.2, -0.15) is 0 Å². The Bertz CT molecular complexity index is 334.